The molecular weight excluding hydrogens is 434 g/mol. The fourth-order valence-electron chi connectivity index (χ4n) is 4.27. The number of nitrogens with one attached hydrogen (secondary N) is 1. The Bertz CT molecular complexity index is 1290. The Hall–Kier alpha value is -3.39. The van der Waals surface area contributed by atoms with E-state index in [-0.39, 0.29) is 11.9 Å². The molecule has 8 heteroatoms. The second-order valence-electron chi connectivity index (χ2n) is 8.39. The number of carbonyl (C=O) groups excluding carboxylic acids is 1. The number of hydrogen-bond acceptors (Lipinski definition) is 6. The molecule has 3 heterocycles. The van der Waals surface area contributed by atoms with Crippen molar-refractivity contribution < 1.29 is 9.53 Å². The summed E-state index contributed by atoms with van der Waals surface area (Å²) < 4.78 is 8.28. The zero-order valence-electron chi connectivity index (χ0n) is 19.0. The lowest BCUT2D eigenvalue weighted by atomic mass is 10.0. The van der Waals surface area contributed by atoms with E-state index in [1.807, 2.05) is 67.1 Å². The lowest BCUT2D eigenvalue weighted by Crippen LogP contribution is -2.44. The smallest absolute Gasteiger partial charge is 0.251 e. The summed E-state index contributed by atoms with van der Waals surface area (Å²) in [6.07, 6.45) is 1.80. The Morgan fingerprint density at radius 1 is 1.09 bits per heavy atom. The van der Waals surface area contributed by atoms with Crippen molar-refractivity contribution in [2.75, 3.05) is 25.1 Å². The van der Waals surface area contributed by atoms with Crippen LogP contribution >= 0.6 is 11.3 Å². The summed E-state index contributed by atoms with van der Waals surface area (Å²) in [5.74, 6) is 0.831. The van der Waals surface area contributed by atoms with Gasteiger partial charge in [-0.25, -0.2) is 4.68 Å². The van der Waals surface area contributed by atoms with Crippen LogP contribution in [0.25, 0.3) is 16.0 Å². The van der Waals surface area contributed by atoms with Gasteiger partial charge in [0, 0.05) is 24.7 Å². The van der Waals surface area contributed by atoms with E-state index >= 15 is 0 Å². The van der Waals surface area contributed by atoms with Crippen molar-refractivity contribution in [3.8, 4) is 11.4 Å². The highest BCUT2D eigenvalue weighted by Gasteiger charge is 2.25. The summed E-state index contributed by atoms with van der Waals surface area (Å²) in [6, 6.07) is 15.8. The lowest BCUT2D eigenvalue weighted by molar-refractivity contribution is 0.0930. The predicted molar refractivity (Wildman–Crippen MR) is 132 cm³/mol. The van der Waals surface area contributed by atoms with Gasteiger partial charge in [-0.2, -0.15) is 10.1 Å². The first-order valence-corrected chi connectivity index (χ1v) is 12.0. The van der Waals surface area contributed by atoms with Crippen LogP contribution in [0.1, 0.15) is 34.5 Å². The van der Waals surface area contributed by atoms with Crippen LogP contribution in [0.15, 0.2) is 48.5 Å². The number of ether oxygens (including phenoxy) is 1. The van der Waals surface area contributed by atoms with Crippen LogP contribution in [0.4, 0.5) is 5.13 Å². The summed E-state index contributed by atoms with van der Waals surface area (Å²) in [4.78, 5) is 19.9. The third-order valence-corrected chi connectivity index (χ3v) is 7.40. The first-order valence-electron chi connectivity index (χ1n) is 11.2. The third-order valence-electron chi connectivity index (χ3n) is 6.18. The number of thiazole rings is 1. The topological polar surface area (TPSA) is 72.3 Å². The maximum Gasteiger partial charge on any atom is 0.251 e. The molecule has 0 radical (unpaired) electrons. The number of carbonyl (C=O) groups is 1. The normalized spacial score (nSPS) is 14.6. The molecule has 5 rings (SSSR count). The van der Waals surface area contributed by atoms with Crippen molar-refractivity contribution in [1.29, 1.82) is 0 Å². The number of benzene rings is 2. The standard InChI is InChI=1S/C25H27N5O2S/c1-16-6-4-5-7-21(16)24(31)26-18-12-14-29(15-13-18)25-27-23-22(33-25)17(2)28-30(23)19-8-10-20(32-3)11-9-19/h4-11,18H,12-15H2,1-3H3,(H,26,31). The molecule has 1 amide bonds. The number of aromatic nitrogens is 3. The van der Waals surface area contributed by atoms with E-state index < -0.39 is 0 Å². The van der Waals surface area contributed by atoms with E-state index in [2.05, 4.69) is 10.2 Å². The monoisotopic (exact) mass is 461 g/mol. The van der Waals surface area contributed by atoms with E-state index in [4.69, 9.17) is 14.8 Å². The van der Waals surface area contributed by atoms with Gasteiger partial charge in [-0.05, 0) is 62.6 Å². The van der Waals surface area contributed by atoms with E-state index in [1.54, 1.807) is 18.4 Å². The highest BCUT2D eigenvalue weighted by molar-refractivity contribution is 7.22. The molecule has 1 fully saturated rings. The summed E-state index contributed by atoms with van der Waals surface area (Å²) in [6.45, 7) is 5.73. The predicted octanol–water partition coefficient (Wildman–Crippen LogP) is 4.51. The van der Waals surface area contributed by atoms with Crippen molar-refractivity contribution in [2.45, 2.75) is 32.7 Å². The van der Waals surface area contributed by atoms with Crippen molar-refractivity contribution in [3.63, 3.8) is 0 Å². The zero-order valence-corrected chi connectivity index (χ0v) is 19.9. The molecule has 0 spiro atoms. The summed E-state index contributed by atoms with van der Waals surface area (Å²) in [5, 5.41) is 8.92. The number of anilines is 1. The molecule has 0 aliphatic carbocycles. The van der Waals surface area contributed by atoms with Crippen LogP contribution in [0.5, 0.6) is 5.75 Å². The van der Waals surface area contributed by atoms with Gasteiger partial charge >= 0.3 is 0 Å². The minimum absolute atomic E-state index is 0.0155. The number of amides is 1. The Morgan fingerprint density at radius 2 is 1.82 bits per heavy atom. The van der Waals surface area contributed by atoms with Gasteiger partial charge in [0.05, 0.1) is 23.2 Å². The van der Waals surface area contributed by atoms with Gasteiger partial charge in [-0.15, -0.1) is 0 Å². The molecule has 4 aromatic rings. The van der Waals surface area contributed by atoms with Crippen LogP contribution in [0.2, 0.25) is 0 Å². The summed E-state index contributed by atoms with van der Waals surface area (Å²) >= 11 is 1.69. The van der Waals surface area contributed by atoms with Crippen molar-refractivity contribution in [2.24, 2.45) is 0 Å². The maximum atomic E-state index is 12.7. The molecule has 1 aliphatic heterocycles. The molecule has 0 saturated carbocycles. The first kappa shape index (κ1) is 21.5. The van der Waals surface area contributed by atoms with Gasteiger partial charge in [0.1, 0.15) is 5.75 Å². The second-order valence-corrected chi connectivity index (χ2v) is 9.37. The van der Waals surface area contributed by atoms with Crippen LogP contribution in [0, 0.1) is 13.8 Å². The molecule has 0 bridgehead atoms. The molecular formula is C25H27N5O2S. The molecule has 170 valence electrons. The van der Waals surface area contributed by atoms with Gasteiger partial charge in [0.25, 0.3) is 5.91 Å². The molecule has 0 atom stereocenters. The number of piperidine rings is 1. The van der Waals surface area contributed by atoms with Crippen LogP contribution in [0.3, 0.4) is 0 Å². The van der Waals surface area contributed by atoms with E-state index in [0.29, 0.717) is 0 Å². The molecule has 1 N–H and O–H groups in total. The van der Waals surface area contributed by atoms with E-state index in [0.717, 1.165) is 69.7 Å². The Balaban J connectivity index is 1.29. The fourth-order valence-corrected chi connectivity index (χ4v) is 5.31. The quantitative estimate of drug-likeness (QED) is 0.474. The zero-order chi connectivity index (χ0) is 22.9. The average molecular weight is 462 g/mol. The number of fused-ring (bicyclic) bond motifs is 1. The van der Waals surface area contributed by atoms with Gasteiger partial charge < -0.3 is 15.0 Å². The fraction of sp³-hybridized carbons (Fsp3) is 0.320. The average Bonchev–Trinajstić information content (AvgIpc) is 3.40. The minimum atomic E-state index is 0.0155. The van der Waals surface area contributed by atoms with Gasteiger partial charge in [-0.3, -0.25) is 4.79 Å². The molecule has 1 aliphatic rings. The SMILES string of the molecule is COc1ccc(-n2nc(C)c3sc(N4CCC(NC(=O)c5ccccc5C)CC4)nc32)cc1. The highest BCUT2D eigenvalue weighted by Crippen LogP contribution is 2.34. The first-order chi connectivity index (χ1) is 16.0. The van der Waals surface area contributed by atoms with Crippen LogP contribution in [-0.4, -0.2) is 46.9 Å². The Kier molecular flexibility index (Phi) is 5.76. The molecule has 0 unspecified atom stereocenters. The van der Waals surface area contributed by atoms with Gasteiger partial charge in [0.15, 0.2) is 10.8 Å². The van der Waals surface area contributed by atoms with E-state index in [1.165, 1.54) is 0 Å². The lowest BCUT2D eigenvalue weighted by Gasteiger charge is -2.32. The molecule has 2 aromatic heterocycles. The maximum absolute atomic E-state index is 12.7. The van der Waals surface area contributed by atoms with Gasteiger partial charge in [0.2, 0.25) is 0 Å². The number of rotatable bonds is 5. The summed E-state index contributed by atoms with van der Waals surface area (Å²) in [5.41, 5.74) is 4.58. The number of aryl methyl sites for hydroxylation is 2. The second kappa shape index (κ2) is 8.86. The number of hydrogen-bond donors (Lipinski definition) is 1. The third kappa shape index (κ3) is 4.18. The summed E-state index contributed by atoms with van der Waals surface area (Å²) in [7, 11) is 1.66. The molecule has 1 saturated heterocycles. The van der Waals surface area contributed by atoms with Crippen molar-refractivity contribution in [3.05, 3.63) is 65.4 Å². The van der Waals surface area contributed by atoms with E-state index in [9.17, 15) is 4.79 Å². The molecule has 7 nitrogen and oxygen atoms in total. The Morgan fingerprint density at radius 3 is 2.52 bits per heavy atom. The largest absolute Gasteiger partial charge is 0.497 e. The number of methoxy groups -OCH3 is 1. The van der Waals surface area contributed by atoms with Crippen molar-refractivity contribution in [1.82, 2.24) is 20.1 Å². The molecule has 33 heavy (non-hydrogen) atoms. The van der Waals surface area contributed by atoms with Crippen LogP contribution < -0.4 is 15.0 Å². The Labute approximate surface area is 197 Å². The highest BCUT2D eigenvalue weighted by atomic mass is 32.1. The molecule has 2 aromatic carbocycles. The van der Waals surface area contributed by atoms with Crippen LogP contribution in [-0.2, 0) is 0 Å². The van der Waals surface area contributed by atoms with Crippen molar-refractivity contribution >= 4 is 32.7 Å². The van der Waals surface area contributed by atoms with Gasteiger partial charge in [-0.1, -0.05) is 29.5 Å². The number of nitrogens with zero attached hydrogens (tertiary/aromatic N) is 4. The minimum Gasteiger partial charge on any atom is -0.497 e.